The third-order valence-electron chi connectivity index (χ3n) is 2.62. The molecule has 0 saturated heterocycles. The summed E-state index contributed by atoms with van der Waals surface area (Å²) in [5.74, 6) is 1.25. The molecule has 0 atom stereocenters. The van der Waals surface area contributed by atoms with Crippen LogP contribution in [0.15, 0.2) is 41.5 Å². The molecule has 106 valence electrons. The van der Waals surface area contributed by atoms with Crippen LogP contribution in [-0.2, 0) is 6.54 Å². The first-order chi connectivity index (χ1) is 9.69. The molecule has 0 unspecified atom stereocenters. The topological polar surface area (TPSA) is 65.4 Å². The summed E-state index contributed by atoms with van der Waals surface area (Å²) >= 11 is 5.63. The Morgan fingerprint density at radius 3 is 2.90 bits per heavy atom. The van der Waals surface area contributed by atoms with Crippen LogP contribution in [0.2, 0.25) is 0 Å². The van der Waals surface area contributed by atoms with Gasteiger partial charge in [0.25, 0.3) is 0 Å². The van der Waals surface area contributed by atoms with E-state index in [-0.39, 0.29) is 5.88 Å². The van der Waals surface area contributed by atoms with E-state index in [4.69, 9.17) is 22.1 Å². The van der Waals surface area contributed by atoms with Gasteiger partial charge in [-0.25, -0.2) is 4.99 Å². The van der Waals surface area contributed by atoms with E-state index in [2.05, 4.69) is 10.1 Å². The van der Waals surface area contributed by atoms with Crippen molar-refractivity contribution < 1.29 is 4.74 Å². The van der Waals surface area contributed by atoms with Gasteiger partial charge in [0, 0.05) is 6.20 Å². The molecule has 0 spiro atoms. The second kappa shape index (κ2) is 6.96. The highest BCUT2D eigenvalue weighted by Gasteiger charge is 2.03. The number of hydrogen-bond acceptors (Lipinski definition) is 3. The largest absolute Gasteiger partial charge is 0.489 e. The second-order valence-electron chi connectivity index (χ2n) is 4.27. The third-order valence-corrected chi connectivity index (χ3v) is 2.89. The third kappa shape index (κ3) is 3.99. The molecule has 1 aromatic carbocycles. The van der Waals surface area contributed by atoms with Crippen LogP contribution in [0.1, 0.15) is 5.69 Å². The zero-order valence-electron chi connectivity index (χ0n) is 11.3. The van der Waals surface area contributed by atoms with Crippen molar-refractivity contribution in [2.24, 2.45) is 10.7 Å². The minimum absolute atomic E-state index is 0.195. The summed E-state index contributed by atoms with van der Waals surface area (Å²) in [6, 6.07) is 9.42. The molecule has 0 fully saturated rings. The van der Waals surface area contributed by atoms with Crippen LogP contribution in [0.4, 0.5) is 5.69 Å². The van der Waals surface area contributed by atoms with Crippen LogP contribution in [0, 0.1) is 6.92 Å². The number of benzene rings is 1. The number of para-hydroxylation sites is 2. The van der Waals surface area contributed by atoms with E-state index in [0.717, 1.165) is 5.69 Å². The van der Waals surface area contributed by atoms with Gasteiger partial charge in [0.1, 0.15) is 23.9 Å². The lowest BCUT2D eigenvalue weighted by atomic mass is 10.3. The van der Waals surface area contributed by atoms with Crippen LogP contribution in [0.25, 0.3) is 0 Å². The lowest BCUT2D eigenvalue weighted by molar-refractivity contribution is 0.292. The van der Waals surface area contributed by atoms with E-state index in [1.165, 1.54) is 0 Å². The number of ether oxygens (including phenoxy) is 1. The number of alkyl halides is 1. The Balaban J connectivity index is 1.99. The molecule has 0 aliphatic heterocycles. The van der Waals surface area contributed by atoms with Gasteiger partial charge in [-0.05, 0) is 25.1 Å². The predicted molar refractivity (Wildman–Crippen MR) is 80.9 cm³/mol. The summed E-state index contributed by atoms with van der Waals surface area (Å²) in [6.07, 6.45) is 1.92. The Hall–Kier alpha value is -2.01. The van der Waals surface area contributed by atoms with Crippen molar-refractivity contribution in [1.29, 1.82) is 0 Å². The standard InChI is InChI=1S/C14H17ClN4O/c1-11-6-7-19(18-11)8-9-20-13-5-3-2-4-12(13)17-14(16)10-15/h2-7H,8-10H2,1H3,(H2,16,17). The number of aryl methyl sites for hydroxylation is 1. The summed E-state index contributed by atoms with van der Waals surface area (Å²) in [6.45, 7) is 3.14. The van der Waals surface area contributed by atoms with Crippen molar-refractivity contribution in [3.63, 3.8) is 0 Å². The monoisotopic (exact) mass is 292 g/mol. The number of aromatic nitrogens is 2. The maximum atomic E-state index is 5.73. The van der Waals surface area contributed by atoms with Crippen molar-refractivity contribution in [3.8, 4) is 5.75 Å². The van der Waals surface area contributed by atoms with E-state index in [0.29, 0.717) is 30.4 Å². The van der Waals surface area contributed by atoms with E-state index in [1.54, 1.807) is 0 Å². The molecule has 2 rings (SSSR count). The predicted octanol–water partition coefficient (Wildman–Crippen LogP) is 2.50. The van der Waals surface area contributed by atoms with Crippen molar-refractivity contribution in [1.82, 2.24) is 9.78 Å². The molecular formula is C14H17ClN4O. The van der Waals surface area contributed by atoms with Gasteiger partial charge in [0.2, 0.25) is 0 Å². The van der Waals surface area contributed by atoms with Gasteiger partial charge in [0.05, 0.1) is 18.1 Å². The molecule has 20 heavy (non-hydrogen) atoms. The lowest BCUT2D eigenvalue weighted by Gasteiger charge is -2.09. The summed E-state index contributed by atoms with van der Waals surface area (Å²) < 4.78 is 7.57. The fourth-order valence-corrected chi connectivity index (χ4v) is 1.75. The maximum absolute atomic E-state index is 5.73. The van der Waals surface area contributed by atoms with Crippen molar-refractivity contribution in [2.45, 2.75) is 13.5 Å². The first-order valence-electron chi connectivity index (χ1n) is 6.30. The lowest BCUT2D eigenvalue weighted by Crippen LogP contribution is -2.12. The summed E-state index contributed by atoms with van der Waals surface area (Å²) in [7, 11) is 0. The van der Waals surface area contributed by atoms with Crippen LogP contribution in [-0.4, -0.2) is 28.1 Å². The fourth-order valence-electron chi connectivity index (χ4n) is 1.69. The van der Waals surface area contributed by atoms with E-state index in [1.807, 2.05) is 48.1 Å². The molecule has 0 amide bonds. The number of hydrogen-bond donors (Lipinski definition) is 1. The van der Waals surface area contributed by atoms with Crippen LogP contribution < -0.4 is 10.5 Å². The van der Waals surface area contributed by atoms with Gasteiger partial charge < -0.3 is 10.5 Å². The number of aliphatic imine (C=N–C) groups is 1. The number of halogens is 1. The van der Waals surface area contributed by atoms with Crippen molar-refractivity contribution in [3.05, 3.63) is 42.2 Å². The summed E-state index contributed by atoms with van der Waals surface area (Å²) in [4.78, 5) is 4.22. The fraction of sp³-hybridized carbons (Fsp3) is 0.286. The molecule has 1 heterocycles. The Kier molecular flexibility index (Phi) is 5.01. The zero-order chi connectivity index (χ0) is 14.4. The normalized spacial score (nSPS) is 11.6. The smallest absolute Gasteiger partial charge is 0.145 e. The van der Waals surface area contributed by atoms with Gasteiger partial charge in [-0.15, -0.1) is 11.6 Å². The zero-order valence-corrected chi connectivity index (χ0v) is 12.0. The summed E-state index contributed by atoms with van der Waals surface area (Å²) in [5.41, 5.74) is 7.32. The maximum Gasteiger partial charge on any atom is 0.145 e. The highest BCUT2D eigenvalue weighted by molar-refractivity contribution is 6.28. The SMILES string of the molecule is Cc1ccn(CCOc2ccccc2N=C(N)CCl)n1. The first kappa shape index (κ1) is 14.4. The number of nitrogens with two attached hydrogens (primary N) is 1. The van der Waals surface area contributed by atoms with Crippen LogP contribution in [0.5, 0.6) is 5.75 Å². The van der Waals surface area contributed by atoms with E-state index >= 15 is 0 Å². The minimum Gasteiger partial charge on any atom is -0.489 e. The molecule has 0 radical (unpaired) electrons. The van der Waals surface area contributed by atoms with Gasteiger partial charge >= 0.3 is 0 Å². The number of nitrogens with zero attached hydrogens (tertiary/aromatic N) is 3. The molecule has 0 aliphatic carbocycles. The molecule has 1 aromatic heterocycles. The highest BCUT2D eigenvalue weighted by atomic mass is 35.5. The molecule has 2 aromatic rings. The van der Waals surface area contributed by atoms with Gasteiger partial charge in [0.15, 0.2) is 0 Å². The Morgan fingerprint density at radius 2 is 2.20 bits per heavy atom. The average Bonchev–Trinajstić information content (AvgIpc) is 2.86. The molecule has 0 saturated carbocycles. The summed E-state index contributed by atoms with van der Waals surface area (Å²) in [5, 5.41) is 4.30. The average molecular weight is 293 g/mol. The molecule has 5 nitrogen and oxygen atoms in total. The van der Waals surface area contributed by atoms with Gasteiger partial charge in [-0.3, -0.25) is 4.68 Å². The molecular weight excluding hydrogens is 276 g/mol. The molecule has 0 bridgehead atoms. The second-order valence-corrected chi connectivity index (χ2v) is 4.54. The minimum atomic E-state index is 0.195. The number of amidine groups is 1. The Bertz CT molecular complexity index is 594. The quantitative estimate of drug-likeness (QED) is 0.505. The molecule has 2 N–H and O–H groups in total. The Labute approximate surface area is 123 Å². The first-order valence-corrected chi connectivity index (χ1v) is 6.83. The van der Waals surface area contributed by atoms with E-state index in [9.17, 15) is 0 Å². The van der Waals surface area contributed by atoms with Gasteiger partial charge in [-0.2, -0.15) is 5.10 Å². The number of rotatable bonds is 6. The van der Waals surface area contributed by atoms with Crippen molar-refractivity contribution in [2.75, 3.05) is 12.5 Å². The molecule has 6 heteroatoms. The van der Waals surface area contributed by atoms with Gasteiger partial charge in [-0.1, -0.05) is 12.1 Å². The van der Waals surface area contributed by atoms with Crippen molar-refractivity contribution >= 4 is 23.1 Å². The highest BCUT2D eigenvalue weighted by Crippen LogP contribution is 2.26. The van der Waals surface area contributed by atoms with Crippen LogP contribution in [0.3, 0.4) is 0 Å². The molecule has 0 aliphatic rings. The van der Waals surface area contributed by atoms with Crippen LogP contribution >= 0.6 is 11.6 Å². The Morgan fingerprint density at radius 1 is 1.40 bits per heavy atom. The van der Waals surface area contributed by atoms with E-state index < -0.39 is 0 Å².